The van der Waals surface area contributed by atoms with Crippen LogP contribution in [0.15, 0.2) is 48.7 Å². The van der Waals surface area contributed by atoms with E-state index >= 15 is 0 Å². The summed E-state index contributed by atoms with van der Waals surface area (Å²) < 4.78 is 12.9. The molecule has 0 unspecified atom stereocenters. The first kappa shape index (κ1) is 12.2. The van der Waals surface area contributed by atoms with Gasteiger partial charge >= 0.3 is 0 Å². The van der Waals surface area contributed by atoms with Gasteiger partial charge in [0.15, 0.2) is 0 Å². The van der Waals surface area contributed by atoms with Gasteiger partial charge in [0, 0.05) is 11.3 Å². The van der Waals surface area contributed by atoms with Crippen LogP contribution in [0, 0.1) is 5.82 Å². The van der Waals surface area contributed by atoms with Crippen molar-refractivity contribution in [2.24, 2.45) is 0 Å². The maximum atomic E-state index is 12.9. The Morgan fingerprint density at radius 1 is 1.10 bits per heavy atom. The number of nitrogens with two attached hydrogens (primary N) is 1. The molecule has 100 valence electrons. The fraction of sp³-hybridized carbons (Fsp3) is 0. The highest BCUT2D eigenvalue weighted by Crippen LogP contribution is 2.29. The molecule has 3 rings (SSSR count). The number of anilines is 1. The lowest BCUT2D eigenvalue weighted by molar-refractivity contribution is 0.475. The molecule has 20 heavy (non-hydrogen) atoms. The molecule has 5 heteroatoms. The Bertz CT molecular complexity index is 750. The van der Waals surface area contributed by atoms with Crippen LogP contribution in [0.4, 0.5) is 10.1 Å². The second kappa shape index (κ2) is 4.70. The van der Waals surface area contributed by atoms with Gasteiger partial charge in [-0.3, -0.25) is 0 Å². The molecule has 1 aromatic heterocycles. The second-order valence-corrected chi connectivity index (χ2v) is 4.42. The molecule has 0 amide bonds. The smallest absolute Gasteiger partial charge is 0.139 e. The first-order chi connectivity index (χ1) is 9.63. The zero-order chi connectivity index (χ0) is 14.1. The summed E-state index contributed by atoms with van der Waals surface area (Å²) in [5.41, 5.74) is 8.58. The fourth-order valence-corrected chi connectivity index (χ4v) is 1.98. The molecule has 0 aliphatic rings. The summed E-state index contributed by atoms with van der Waals surface area (Å²) in [7, 11) is 0. The Hall–Kier alpha value is -2.82. The normalized spacial score (nSPS) is 10.7. The van der Waals surface area contributed by atoms with Crippen LogP contribution in [-0.2, 0) is 0 Å². The molecule has 0 atom stereocenters. The average molecular weight is 269 g/mol. The predicted octanol–water partition coefficient (Wildman–Crippen LogP) is 3.17. The monoisotopic (exact) mass is 269 g/mol. The highest BCUT2D eigenvalue weighted by Gasteiger charge is 2.09. The van der Waals surface area contributed by atoms with E-state index in [0.717, 1.165) is 11.3 Å². The van der Waals surface area contributed by atoms with Crippen LogP contribution in [0.1, 0.15) is 0 Å². The highest BCUT2D eigenvalue weighted by atomic mass is 19.1. The lowest BCUT2D eigenvalue weighted by Gasteiger charge is -2.03. The number of aromatic nitrogens is 2. The van der Waals surface area contributed by atoms with Gasteiger partial charge < -0.3 is 15.8 Å². The summed E-state index contributed by atoms with van der Waals surface area (Å²) in [5.74, 6) is 0.386. The van der Waals surface area contributed by atoms with Crippen molar-refractivity contribution in [3.63, 3.8) is 0 Å². The molecule has 0 fully saturated rings. The number of nitrogens with zero attached hydrogens (tertiary/aromatic N) is 1. The first-order valence-corrected chi connectivity index (χ1v) is 6.03. The van der Waals surface area contributed by atoms with Gasteiger partial charge in [0.05, 0.1) is 11.9 Å². The number of halogens is 1. The first-order valence-electron chi connectivity index (χ1n) is 6.03. The van der Waals surface area contributed by atoms with Crippen LogP contribution in [0.3, 0.4) is 0 Å². The highest BCUT2D eigenvalue weighted by molar-refractivity contribution is 5.75. The minimum atomic E-state index is -0.286. The second-order valence-electron chi connectivity index (χ2n) is 4.42. The van der Waals surface area contributed by atoms with Crippen LogP contribution in [0.5, 0.6) is 5.75 Å². The van der Waals surface area contributed by atoms with Crippen molar-refractivity contribution in [1.82, 2.24) is 9.97 Å². The van der Waals surface area contributed by atoms with E-state index in [2.05, 4.69) is 9.97 Å². The Morgan fingerprint density at radius 2 is 1.85 bits per heavy atom. The number of rotatable bonds is 2. The number of phenols is 1. The topological polar surface area (TPSA) is 74.9 Å². The molecule has 0 saturated heterocycles. The number of imidazole rings is 1. The van der Waals surface area contributed by atoms with Gasteiger partial charge in [-0.1, -0.05) is 0 Å². The zero-order valence-electron chi connectivity index (χ0n) is 10.5. The summed E-state index contributed by atoms with van der Waals surface area (Å²) in [6, 6.07) is 10.8. The lowest BCUT2D eigenvalue weighted by atomic mass is 10.1. The molecule has 4 N–H and O–H groups in total. The van der Waals surface area contributed by atoms with Crippen molar-refractivity contribution in [3.05, 3.63) is 54.5 Å². The van der Waals surface area contributed by atoms with E-state index in [1.807, 2.05) is 0 Å². The van der Waals surface area contributed by atoms with Crippen LogP contribution < -0.4 is 5.73 Å². The third-order valence-electron chi connectivity index (χ3n) is 3.02. The Kier molecular flexibility index (Phi) is 2.87. The van der Waals surface area contributed by atoms with Crippen molar-refractivity contribution in [3.8, 4) is 28.4 Å². The van der Waals surface area contributed by atoms with Gasteiger partial charge in [-0.15, -0.1) is 0 Å². The third kappa shape index (κ3) is 2.21. The number of aromatic amines is 1. The standard InChI is InChI=1S/C15H12FN3O/c16-10-3-1-9(2-4-10)14-8-18-15(19-14)12-7-11(20)5-6-13(12)17/h1-8,20H,17H2,(H,18,19). The molecule has 0 radical (unpaired) electrons. The zero-order valence-corrected chi connectivity index (χ0v) is 10.5. The maximum Gasteiger partial charge on any atom is 0.139 e. The molecule has 0 spiro atoms. The van der Waals surface area contributed by atoms with Crippen molar-refractivity contribution >= 4 is 5.69 Å². The molecular weight excluding hydrogens is 257 g/mol. The van der Waals surface area contributed by atoms with Crippen LogP contribution in [-0.4, -0.2) is 15.1 Å². The predicted molar refractivity (Wildman–Crippen MR) is 75.5 cm³/mol. The van der Waals surface area contributed by atoms with Crippen LogP contribution in [0.2, 0.25) is 0 Å². The van der Waals surface area contributed by atoms with Gasteiger partial charge in [0.25, 0.3) is 0 Å². The molecule has 4 nitrogen and oxygen atoms in total. The number of benzene rings is 2. The number of hydrogen-bond donors (Lipinski definition) is 3. The Balaban J connectivity index is 2.01. The van der Waals surface area contributed by atoms with Gasteiger partial charge in [-0.2, -0.15) is 0 Å². The molecule has 3 aromatic rings. The van der Waals surface area contributed by atoms with Gasteiger partial charge in [0.1, 0.15) is 17.4 Å². The van der Waals surface area contributed by atoms with Crippen molar-refractivity contribution < 1.29 is 9.50 Å². The SMILES string of the molecule is Nc1ccc(O)cc1-c1ncc(-c2ccc(F)cc2)[nH]1. The van der Waals surface area contributed by atoms with Gasteiger partial charge in [-0.05, 0) is 48.0 Å². The summed E-state index contributed by atoms with van der Waals surface area (Å²) in [5, 5.41) is 9.51. The number of nitrogen functional groups attached to an aromatic ring is 1. The summed E-state index contributed by atoms with van der Waals surface area (Å²) in [6.45, 7) is 0. The third-order valence-corrected chi connectivity index (χ3v) is 3.02. The molecule has 0 aliphatic carbocycles. The van der Waals surface area contributed by atoms with E-state index in [-0.39, 0.29) is 11.6 Å². The quantitative estimate of drug-likeness (QED) is 0.494. The number of aromatic hydroxyl groups is 1. The molecule has 0 aliphatic heterocycles. The van der Waals surface area contributed by atoms with E-state index in [1.165, 1.54) is 18.2 Å². The molecule has 0 saturated carbocycles. The van der Waals surface area contributed by atoms with E-state index in [9.17, 15) is 9.50 Å². The summed E-state index contributed by atoms with van der Waals surface area (Å²) >= 11 is 0. The fourth-order valence-electron chi connectivity index (χ4n) is 1.98. The van der Waals surface area contributed by atoms with E-state index in [1.54, 1.807) is 30.5 Å². The van der Waals surface area contributed by atoms with Crippen molar-refractivity contribution in [2.75, 3.05) is 5.73 Å². The number of H-pyrrole nitrogens is 1. The summed E-state index contributed by atoms with van der Waals surface area (Å²) in [4.78, 5) is 7.36. The summed E-state index contributed by atoms with van der Waals surface area (Å²) in [6.07, 6.45) is 1.64. The minimum Gasteiger partial charge on any atom is -0.508 e. The van der Waals surface area contributed by atoms with Gasteiger partial charge in [-0.25, -0.2) is 9.37 Å². The van der Waals surface area contributed by atoms with E-state index < -0.39 is 0 Å². The number of nitrogens with one attached hydrogen (secondary N) is 1. The number of hydrogen-bond acceptors (Lipinski definition) is 3. The molecular formula is C15H12FN3O. The molecule has 1 heterocycles. The Labute approximate surface area is 114 Å². The van der Waals surface area contributed by atoms with Crippen LogP contribution >= 0.6 is 0 Å². The lowest BCUT2D eigenvalue weighted by Crippen LogP contribution is -1.91. The van der Waals surface area contributed by atoms with E-state index in [0.29, 0.717) is 17.1 Å². The van der Waals surface area contributed by atoms with Crippen molar-refractivity contribution in [1.29, 1.82) is 0 Å². The molecule has 2 aromatic carbocycles. The Morgan fingerprint density at radius 3 is 2.60 bits per heavy atom. The molecule has 0 bridgehead atoms. The minimum absolute atomic E-state index is 0.119. The maximum absolute atomic E-state index is 12.9. The van der Waals surface area contributed by atoms with Crippen LogP contribution in [0.25, 0.3) is 22.6 Å². The van der Waals surface area contributed by atoms with Crippen molar-refractivity contribution in [2.45, 2.75) is 0 Å². The van der Waals surface area contributed by atoms with E-state index in [4.69, 9.17) is 5.73 Å². The largest absolute Gasteiger partial charge is 0.508 e. The van der Waals surface area contributed by atoms with Gasteiger partial charge in [0.2, 0.25) is 0 Å². The number of phenolic OH excluding ortho intramolecular Hbond substituents is 1. The average Bonchev–Trinajstić information content (AvgIpc) is 2.92.